The van der Waals surface area contributed by atoms with Gasteiger partial charge in [0.15, 0.2) is 0 Å². The molecule has 1 heterocycles. The molecule has 4 unspecified atom stereocenters. The van der Waals surface area contributed by atoms with Crippen molar-refractivity contribution < 1.29 is 15.2 Å². The van der Waals surface area contributed by atoms with E-state index in [2.05, 4.69) is 49.4 Å². The fraction of sp³-hybridized carbons (Fsp3) is 0.833. The number of carbonyl (C=O) groups is 1. The van der Waals surface area contributed by atoms with Gasteiger partial charge in [0, 0.05) is 32.5 Å². The summed E-state index contributed by atoms with van der Waals surface area (Å²) in [4.78, 5) is 18.5. The van der Waals surface area contributed by atoms with Crippen LogP contribution in [0.4, 0.5) is 0 Å². The smallest absolute Gasteiger partial charge is 0.259 e. The molecule has 0 aromatic heterocycles. The second-order valence-corrected chi connectivity index (χ2v) is 11.5. The number of piperidine rings is 1. The summed E-state index contributed by atoms with van der Waals surface area (Å²) in [6.45, 7) is 18.4. The predicted molar refractivity (Wildman–Crippen MR) is 125 cm³/mol. The van der Waals surface area contributed by atoms with Gasteiger partial charge < -0.3 is 18.8 Å². The summed E-state index contributed by atoms with van der Waals surface area (Å²) in [5, 5.41) is 0. The van der Waals surface area contributed by atoms with Crippen LogP contribution in [0.2, 0.25) is 0 Å². The van der Waals surface area contributed by atoms with Crippen LogP contribution in [0.15, 0.2) is 12.2 Å². The fourth-order valence-electron chi connectivity index (χ4n) is 5.15. The van der Waals surface area contributed by atoms with Crippen LogP contribution in [-0.4, -0.2) is 60.4 Å². The average molecular weight is 452 g/mol. The maximum absolute atomic E-state index is 13.1. The molecule has 0 spiro atoms. The van der Waals surface area contributed by atoms with Gasteiger partial charge in [-0.2, -0.15) is 0 Å². The summed E-state index contributed by atoms with van der Waals surface area (Å²) < 4.78 is 22.9. The molecular formula is C24H40N3O3P. The zero-order chi connectivity index (χ0) is 23.3. The number of allylic oxidation sites excluding steroid dienone is 2. The van der Waals surface area contributed by atoms with Crippen molar-refractivity contribution in [3.05, 3.63) is 23.6 Å². The molecule has 2 aliphatic carbocycles. The second kappa shape index (κ2) is 10.8. The van der Waals surface area contributed by atoms with Gasteiger partial charge in [0.2, 0.25) is 12.5 Å². The molecule has 3 aliphatic rings. The number of amides is 1. The van der Waals surface area contributed by atoms with E-state index in [0.29, 0.717) is 57.5 Å². The minimum absolute atomic E-state index is 0.166. The molecule has 2 bridgehead atoms. The highest BCUT2D eigenvalue weighted by Crippen LogP contribution is 2.48. The van der Waals surface area contributed by atoms with E-state index >= 15 is 0 Å². The Hall–Kier alpha value is -0.990. The first-order valence-electron chi connectivity index (χ1n) is 12.4. The predicted octanol–water partition coefficient (Wildman–Crippen LogP) is 5.13. The first-order chi connectivity index (χ1) is 15.3. The van der Waals surface area contributed by atoms with Gasteiger partial charge in [0.25, 0.3) is 8.53 Å². The quantitative estimate of drug-likeness (QED) is 0.200. The molecule has 6 nitrogen and oxygen atoms in total. The SMILES string of the molecule is [3H]CC1(COP(OCC[N+]#[C-])N(C(C)C)C(C)C)CCN(C(=O)C2CC3C=CC2C3)CC1. The summed E-state index contributed by atoms with van der Waals surface area (Å²) in [6.07, 6.45) is 8.28. The molecule has 1 saturated heterocycles. The van der Waals surface area contributed by atoms with Crippen LogP contribution in [0.3, 0.4) is 0 Å². The normalized spacial score (nSPS) is 28.4. The first-order valence-corrected chi connectivity index (χ1v) is 12.9. The molecule has 3 rings (SSSR count). The molecule has 0 aromatic carbocycles. The Morgan fingerprint density at radius 3 is 2.48 bits per heavy atom. The number of carbonyl (C=O) groups excluding carboxylic acids is 1. The Labute approximate surface area is 191 Å². The highest BCUT2D eigenvalue weighted by molar-refractivity contribution is 7.44. The van der Waals surface area contributed by atoms with Crippen LogP contribution in [0.1, 0.15) is 61.6 Å². The van der Waals surface area contributed by atoms with E-state index in [1.165, 1.54) is 0 Å². The molecule has 2 fully saturated rings. The fourth-order valence-corrected chi connectivity index (χ4v) is 6.86. The van der Waals surface area contributed by atoms with Crippen molar-refractivity contribution in [3.63, 3.8) is 0 Å². The Balaban J connectivity index is 1.57. The number of hydrogen-bond donors (Lipinski definition) is 0. The highest BCUT2D eigenvalue weighted by Gasteiger charge is 2.43. The van der Waals surface area contributed by atoms with Crippen molar-refractivity contribution in [2.24, 2.45) is 23.2 Å². The van der Waals surface area contributed by atoms with Crippen molar-refractivity contribution in [1.82, 2.24) is 9.57 Å². The topological polar surface area (TPSA) is 46.4 Å². The van der Waals surface area contributed by atoms with Gasteiger partial charge in [-0.05, 0) is 70.6 Å². The molecule has 174 valence electrons. The Bertz CT molecular complexity index is 695. The van der Waals surface area contributed by atoms with Gasteiger partial charge in [-0.3, -0.25) is 4.79 Å². The molecule has 0 aromatic rings. The molecule has 1 aliphatic heterocycles. The number of fused-ring (bicyclic) bond motifs is 2. The van der Waals surface area contributed by atoms with Crippen LogP contribution in [0.25, 0.3) is 4.85 Å². The lowest BCUT2D eigenvalue weighted by Gasteiger charge is -2.42. The summed E-state index contributed by atoms with van der Waals surface area (Å²) in [6, 6.07) is 0.521. The lowest BCUT2D eigenvalue weighted by molar-refractivity contribution is -0.139. The van der Waals surface area contributed by atoms with Crippen molar-refractivity contribution in [2.45, 2.75) is 72.4 Å². The van der Waals surface area contributed by atoms with E-state index in [4.69, 9.17) is 17.0 Å². The third kappa shape index (κ3) is 6.08. The summed E-state index contributed by atoms with van der Waals surface area (Å²) >= 11 is 0. The lowest BCUT2D eigenvalue weighted by atomic mass is 9.80. The van der Waals surface area contributed by atoms with Gasteiger partial charge in [0.1, 0.15) is 6.61 Å². The van der Waals surface area contributed by atoms with E-state index in [0.717, 1.165) is 25.7 Å². The van der Waals surface area contributed by atoms with Crippen LogP contribution in [0.5, 0.6) is 0 Å². The molecule has 1 amide bonds. The zero-order valence-corrected chi connectivity index (χ0v) is 20.5. The summed E-state index contributed by atoms with van der Waals surface area (Å²) in [5.41, 5.74) is -0.241. The first kappa shape index (κ1) is 23.2. The van der Waals surface area contributed by atoms with E-state index in [-0.39, 0.29) is 23.4 Å². The van der Waals surface area contributed by atoms with E-state index in [1.54, 1.807) is 0 Å². The standard InChI is InChI=1S/C24H40N3O3P/c1-18(2)27(19(3)4)31(29-14-11-25-6)30-17-24(5)9-12-26(13-10-24)23(28)22-16-20-7-8-21(22)15-20/h7-8,18-22H,9-17H2,1-5H3/i5T. The lowest BCUT2D eigenvalue weighted by Crippen LogP contribution is -2.46. The molecule has 4 atom stereocenters. The van der Waals surface area contributed by atoms with Gasteiger partial charge >= 0.3 is 0 Å². The minimum Gasteiger partial charge on any atom is -0.342 e. The van der Waals surface area contributed by atoms with Gasteiger partial charge in [0.05, 0.1) is 6.61 Å². The largest absolute Gasteiger partial charge is 0.342 e. The van der Waals surface area contributed by atoms with Crippen molar-refractivity contribution in [2.75, 3.05) is 32.8 Å². The molecule has 1 saturated carbocycles. The molecule has 7 heteroatoms. The van der Waals surface area contributed by atoms with Gasteiger partial charge in [-0.15, -0.1) is 0 Å². The third-order valence-electron chi connectivity index (χ3n) is 6.86. The second-order valence-electron chi connectivity index (χ2n) is 10.0. The summed E-state index contributed by atoms with van der Waals surface area (Å²) in [7, 11) is -1.29. The van der Waals surface area contributed by atoms with Crippen LogP contribution >= 0.6 is 8.53 Å². The van der Waals surface area contributed by atoms with Crippen LogP contribution in [0, 0.1) is 29.7 Å². The number of nitrogens with zero attached hydrogens (tertiary/aromatic N) is 3. The average Bonchev–Trinajstić information content (AvgIpc) is 3.40. The zero-order valence-electron chi connectivity index (χ0n) is 20.6. The van der Waals surface area contributed by atoms with E-state index in [9.17, 15) is 4.79 Å². The maximum atomic E-state index is 13.1. The Kier molecular flexibility index (Phi) is 8.04. The van der Waals surface area contributed by atoms with E-state index < -0.39 is 8.53 Å². The van der Waals surface area contributed by atoms with Gasteiger partial charge in [-0.1, -0.05) is 19.1 Å². The maximum Gasteiger partial charge on any atom is 0.259 e. The Morgan fingerprint density at radius 2 is 1.97 bits per heavy atom. The van der Waals surface area contributed by atoms with Gasteiger partial charge in [-0.25, -0.2) is 11.2 Å². The minimum atomic E-state index is -1.29. The number of likely N-dealkylation sites (tertiary alicyclic amines) is 1. The number of rotatable bonds is 10. The Morgan fingerprint density at radius 1 is 1.26 bits per heavy atom. The molecule has 0 N–H and O–H groups in total. The van der Waals surface area contributed by atoms with E-state index in [1.807, 2.05) is 4.90 Å². The van der Waals surface area contributed by atoms with Crippen molar-refractivity contribution in [3.8, 4) is 0 Å². The van der Waals surface area contributed by atoms with Crippen LogP contribution in [-0.2, 0) is 13.8 Å². The van der Waals surface area contributed by atoms with Crippen molar-refractivity contribution in [1.29, 1.82) is 0 Å². The van der Waals surface area contributed by atoms with Crippen LogP contribution < -0.4 is 0 Å². The highest BCUT2D eigenvalue weighted by atomic mass is 31.2. The molecule has 31 heavy (non-hydrogen) atoms. The molecular weight excluding hydrogens is 409 g/mol. The van der Waals surface area contributed by atoms with Crippen molar-refractivity contribution >= 4 is 14.4 Å². The molecule has 0 radical (unpaired) electrons. The monoisotopic (exact) mass is 451 g/mol. The summed E-state index contributed by atoms with van der Waals surface area (Å²) in [5.74, 6) is 1.52. The third-order valence-corrected chi connectivity index (χ3v) is 8.92. The number of hydrogen-bond acceptors (Lipinski definition) is 4.